The second-order valence-corrected chi connectivity index (χ2v) is 8.95. The van der Waals surface area contributed by atoms with Crippen LogP contribution in [0.5, 0.6) is 11.5 Å². The summed E-state index contributed by atoms with van der Waals surface area (Å²) in [5, 5.41) is 3.13. The molecule has 3 aromatic rings. The highest BCUT2D eigenvalue weighted by Crippen LogP contribution is 2.34. The van der Waals surface area contributed by atoms with E-state index < -0.39 is 0 Å². The monoisotopic (exact) mass is 461 g/mol. The minimum absolute atomic E-state index is 0.0788. The van der Waals surface area contributed by atoms with Gasteiger partial charge in [-0.05, 0) is 44.0 Å². The number of aryl methyl sites for hydroxylation is 1. The van der Waals surface area contributed by atoms with Gasteiger partial charge < -0.3 is 29.0 Å². The van der Waals surface area contributed by atoms with Gasteiger partial charge in [-0.15, -0.1) is 0 Å². The van der Waals surface area contributed by atoms with Crippen LogP contribution < -0.4 is 19.7 Å². The van der Waals surface area contributed by atoms with Crippen molar-refractivity contribution in [2.45, 2.75) is 33.9 Å². The molecule has 2 aliphatic heterocycles. The fraction of sp³-hybridized carbons (Fsp3) is 0.370. The third kappa shape index (κ3) is 4.35. The zero-order valence-corrected chi connectivity index (χ0v) is 20.0. The highest BCUT2D eigenvalue weighted by atomic mass is 16.7. The van der Waals surface area contributed by atoms with Crippen molar-refractivity contribution in [2.24, 2.45) is 0 Å². The van der Waals surface area contributed by atoms with Crippen molar-refractivity contribution in [3.8, 4) is 11.5 Å². The normalized spacial score (nSPS) is 15.0. The number of carbonyl (C=O) groups excluding carboxylic acids is 1. The molecule has 1 fully saturated rings. The summed E-state index contributed by atoms with van der Waals surface area (Å²) < 4.78 is 18.6. The van der Waals surface area contributed by atoms with Crippen LogP contribution in [0.15, 0.2) is 42.5 Å². The fourth-order valence-corrected chi connectivity index (χ4v) is 4.82. The summed E-state index contributed by atoms with van der Waals surface area (Å²) in [5.41, 5.74) is 7.32. The molecule has 178 valence electrons. The predicted molar refractivity (Wildman–Crippen MR) is 131 cm³/mol. The van der Waals surface area contributed by atoms with Gasteiger partial charge in [-0.25, -0.2) is 0 Å². The summed E-state index contributed by atoms with van der Waals surface area (Å²) in [6.45, 7) is 10.6. The Labute approximate surface area is 200 Å². The van der Waals surface area contributed by atoms with E-state index in [0.29, 0.717) is 32.0 Å². The molecular weight excluding hydrogens is 430 g/mol. The molecule has 0 spiro atoms. The summed E-state index contributed by atoms with van der Waals surface area (Å²) in [5.74, 6) is 1.38. The number of carbonyl (C=O) groups is 1. The highest BCUT2D eigenvalue weighted by Gasteiger charge is 2.27. The summed E-state index contributed by atoms with van der Waals surface area (Å²) in [6, 6.07) is 14.3. The number of amides is 1. The number of nitrogens with one attached hydrogen (secondary N) is 1. The van der Waals surface area contributed by atoms with Gasteiger partial charge in [0.1, 0.15) is 5.69 Å². The lowest BCUT2D eigenvalue weighted by atomic mass is 10.1. The van der Waals surface area contributed by atoms with E-state index in [0.717, 1.165) is 47.1 Å². The van der Waals surface area contributed by atoms with Crippen molar-refractivity contribution in [1.29, 1.82) is 0 Å². The standard InChI is InChI=1S/C27H31N3O4/c1-18-4-6-21(7-5-18)16-30-20(3)25(29-10-12-32-13-11-29)19(2)26(30)27(31)28-15-22-8-9-23-24(14-22)34-17-33-23/h4-9,14H,10-13,15-17H2,1-3H3,(H,28,31). The van der Waals surface area contributed by atoms with Crippen LogP contribution in [-0.2, 0) is 17.8 Å². The average molecular weight is 462 g/mol. The van der Waals surface area contributed by atoms with E-state index in [1.165, 1.54) is 11.1 Å². The van der Waals surface area contributed by atoms with Crippen molar-refractivity contribution < 1.29 is 19.0 Å². The SMILES string of the molecule is Cc1ccc(Cn2c(C)c(N3CCOCC3)c(C)c2C(=O)NCc2ccc3c(c2)OCO3)cc1. The van der Waals surface area contributed by atoms with Gasteiger partial charge in [0.2, 0.25) is 6.79 Å². The van der Waals surface area contributed by atoms with Gasteiger partial charge in [-0.2, -0.15) is 0 Å². The molecule has 2 aliphatic rings. The maximum Gasteiger partial charge on any atom is 0.268 e. The van der Waals surface area contributed by atoms with Gasteiger partial charge in [0, 0.05) is 37.4 Å². The summed E-state index contributed by atoms with van der Waals surface area (Å²) in [4.78, 5) is 15.9. The molecular formula is C27H31N3O4. The molecule has 1 saturated heterocycles. The Hall–Kier alpha value is -3.45. The highest BCUT2D eigenvalue weighted by molar-refractivity contribution is 5.96. The zero-order valence-electron chi connectivity index (χ0n) is 20.0. The molecule has 2 aromatic carbocycles. The molecule has 5 rings (SSSR count). The first kappa shape index (κ1) is 22.3. The Morgan fingerprint density at radius 1 is 0.941 bits per heavy atom. The molecule has 1 N–H and O–H groups in total. The minimum Gasteiger partial charge on any atom is -0.454 e. The van der Waals surface area contributed by atoms with Crippen molar-refractivity contribution in [3.05, 3.63) is 76.1 Å². The molecule has 0 bridgehead atoms. The van der Waals surface area contributed by atoms with E-state index in [1.807, 2.05) is 18.2 Å². The summed E-state index contributed by atoms with van der Waals surface area (Å²) in [6.07, 6.45) is 0. The van der Waals surface area contributed by atoms with Gasteiger partial charge in [0.25, 0.3) is 5.91 Å². The molecule has 0 saturated carbocycles. The Morgan fingerprint density at radius 3 is 2.41 bits per heavy atom. The second kappa shape index (κ2) is 9.43. The number of anilines is 1. The number of benzene rings is 2. The Balaban J connectivity index is 1.44. The lowest BCUT2D eigenvalue weighted by Crippen LogP contribution is -2.36. The lowest BCUT2D eigenvalue weighted by Gasteiger charge is -2.29. The first-order valence-electron chi connectivity index (χ1n) is 11.8. The van der Waals surface area contributed by atoms with Crippen molar-refractivity contribution in [3.63, 3.8) is 0 Å². The summed E-state index contributed by atoms with van der Waals surface area (Å²) >= 11 is 0. The number of rotatable bonds is 6. The second-order valence-electron chi connectivity index (χ2n) is 8.95. The first-order valence-corrected chi connectivity index (χ1v) is 11.8. The van der Waals surface area contributed by atoms with E-state index >= 15 is 0 Å². The van der Waals surface area contributed by atoms with E-state index in [-0.39, 0.29) is 12.7 Å². The Bertz CT molecular complexity index is 1190. The molecule has 0 atom stereocenters. The third-order valence-electron chi connectivity index (χ3n) is 6.62. The van der Waals surface area contributed by atoms with Crippen LogP contribution in [0.4, 0.5) is 5.69 Å². The molecule has 7 nitrogen and oxygen atoms in total. The van der Waals surface area contributed by atoms with Crippen LogP contribution in [0.1, 0.15) is 38.4 Å². The quantitative estimate of drug-likeness (QED) is 0.602. The largest absolute Gasteiger partial charge is 0.454 e. The number of nitrogens with zero attached hydrogens (tertiary/aromatic N) is 2. The van der Waals surface area contributed by atoms with Crippen LogP contribution in [-0.4, -0.2) is 43.6 Å². The van der Waals surface area contributed by atoms with E-state index in [2.05, 4.69) is 59.8 Å². The smallest absolute Gasteiger partial charge is 0.268 e. The summed E-state index contributed by atoms with van der Waals surface area (Å²) in [7, 11) is 0. The predicted octanol–water partition coefficient (Wildman–Crippen LogP) is 3.96. The zero-order chi connectivity index (χ0) is 23.7. The number of aromatic nitrogens is 1. The molecule has 7 heteroatoms. The molecule has 1 aromatic heterocycles. The topological polar surface area (TPSA) is 65.0 Å². The number of hydrogen-bond donors (Lipinski definition) is 1. The molecule has 34 heavy (non-hydrogen) atoms. The van der Waals surface area contributed by atoms with Crippen molar-refractivity contribution >= 4 is 11.6 Å². The van der Waals surface area contributed by atoms with Crippen LogP contribution in [0.2, 0.25) is 0 Å². The van der Waals surface area contributed by atoms with Gasteiger partial charge in [-0.3, -0.25) is 4.79 Å². The van der Waals surface area contributed by atoms with E-state index in [1.54, 1.807) is 0 Å². The third-order valence-corrected chi connectivity index (χ3v) is 6.62. The first-order chi connectivity index (χ1) is 16.5. The van der Waals surface area contributed by atoms with Crippen LogP contribution in [0.3, 0.4) is 0 Å². The molecule has 1 amide bonds. The molecule has 3 heterocycles. The van der Waals surface area contributed by atoms with Gasteiger partial charge in [-0.1, -0.05) is 35.9 Å². The van der Waals surface area contributed by atoms with Crippen LogP contribution >= 0.6 is 0 Å². The van der Waals surface area contributed by atoms with Gasteiger partial charge in [0.05, 0.1) is 18.9 Å². The van der Waals surface area contributed by atoms with Gasteiger partial charge >= 0.3 is 0 Å². The number of fused-ring (bicyclic) bond motifs is 1. The number of ether oxygens (including phenoxy) is 3. The van der Waals surface area contributed by atoms with Crippen molar-refractivity contribution in [1.82, 2.24) is 9.88 Å². The molecule has 0 aliphatic carbocycles. The lowest BCUT2D eigenvalue weighted by molar-refractivity contribution is 0.0941. The Kier molecular flexibility index (Phi) is 6.20. The number of hydrogen-bond acceptors (Lipinski definition) is 5. The fourth-order valence-electron chi connectivity index (χ4n) is 4.82. The van der Waals surface area contributed by atoms with Crippen molar-refractivity contribution in [2.75, 3.05) is 38.0 Å². The van der Waals surface area contributed by atoms with E-state index in [9.17, 15) is 4.79 Å². The Morgan fingerprint density at radius 2 is 1.65 bits per heavy atom. The number of morpholine rings is 1. The van der Waals surface area contributed by atoms with Crippen LogP contribution in [0.25, 0.3) is 0 Å². The maximum absolute atomic E-state index is 13.6. The maximum atomic E-state index is 13.6. The molecule has 0 unspecified atom stereocenters. The minimum atomic E-state index is -0.0788. The average Bonchev–Trinajstić information content (AvgIpc) is 3.41. The van der Waals surface area contributed by atoms with Crippen LogP contribution in [0, 0.1) is 20.8 Å². The molecule has 0 radical (unpaired) electrons. The van der Waals surface area contributed by atoms with E-state index in [4.69, 9.17) is 14.2 Å². The van der Waals surface area contributed by atoms with Gasteiger partial charge in [0.15, 0.2) is 11.5 Å².